The summed E-state index contributed by atoms with van der Waals surface area (Å²) in [6.45, 7) is 3.98. The van der Waals surface area contributed by atoms with Crippen LogP contribution in [-0.2, 0) is 4.79 Å². The number of nitrogens with zero attached hydrogens (tertiary/aromatic N) is 4. The van der Waals surface area contributed by atoms with Crippen molar-refractivity contribution in [2.75, 3.05) is 5.32 Å². The predicted molar refractivity (Wildman–Crippen MR) is 127 cm³/mol. The van der Waals surface area contributed by atoms with Gasteiger partial charge >= 0.3 is 0 Å². The molecule has 7 nitrogen and oxygen atoms in total. The Labute approximate surface area is 192 Å². The van der Waals surface area contributed by atoms with Crippen LogP contribution in [0, 0.1) is 5.41 Å². The summed E-state index contributed by atoms with van der Waals surface area (Å²) < 4.78 is 1.84. The average molecular weight is 442 g/mol. The summed E-state index contributed by atoms with van der Waals surface area (Å²) in [5.74, 6) is 0.699. The minimum Gasteiger partial charge on any atom is -0.511 e. The van der Waals surface area contributed by atoms with Crippen LogP contribution < -0.4 is 5.32 Å². The summed E-state index contributed by atoms with van der Waals surface area (Å²) in [4.78, 5) is 22.2. The van der Waals surface area contributed by atoms with E-state index in [2.05, 4.69) is 39.7 Å². The van der Waals surface area contributed by atoms with Gasteiger partial charge < -0.3 is 10.4 Å². The van der Waals surface area contributed by atoms with Crippen molar-refractivity contribution in [2.24, 2.45) is 10.4 Å². The number of aliphatic hydroxyl groups excluding tert-OH is 1. The maximum atomic E-state index is 12.8. The van der Waals surface area contributed by atoms with Gasteiger partial charge in [-0.3, -0.25) is 9.79 Å². The number of Topliss-reactive ketones (excluding diaryl/α,β-unsaturated/α-hetero) is 1. The molecule has 3 aromatic rings. The molecule has 5 rings (SSSR count). The van der Waals surface area contributed by atoms with Crippen LogP contribution in [0.2, 0.25) is 0 Å². The van der Waals surface area contributed by atoms with Gasteiger partial charge in [-0.25, -0.2) is 4.68 Å². The van der Waals surface area contributed by atoms with Gasteiger partial charge in [0.25, 0.3) is 0 Å². The monoisotopic (exact) mass is 441 g/mol. The number of fused-ring (bicyclic) bond motifs is 1. The molecule has 0 saturated carbocycles. The van der Waals surface area contributed by atoms with E-state index in [9.17, 15) is 9.90 Å². The lowest BCUT2D eigenvalue weighted by atomic mass is 9.77. The third-order valence-corrected chi connectivity index (χ3v) is 6.36. The lowest BCUT2D eigenvalue weighted by Gasteiger charge is -2.37. The van der Waals surface area contributed by atoms with Crippen LogP contribution in [-0.4, -0.2) is 37.9 Å². The van der Waals surface area contributed by atoms with E-state index >= 15 is 0 Å². The van der Waals surface area contributed by atoms with Gasteiger partial charge in [0.05, 0.1) is 11.6 Å². The van der Waals surface area contributed by atoms with Crippen molar-refractivity contribution in [1.82, 2.24) is 14.8 Å². The predicted octanol–water partition coefficient (Wildman–Crippen LogP) is 4.67. The highest BCUT2D eigenvalue weighted by Gasteiger charge is 2.40. The zero-order chi connectivity index (χ0) is 23.0. The van der Waals surface area contributed by atoms with Crippen molar-refractivity contribution in [3.63, 3.8) is 0 Å². The molecule has 0 amide bonds. The second-order valence-corrected chi connectivity index (χ2v) is 9.49. The normalized spacial score (nSPS) is 24.5. The quantitative estimate of drug-likeness (QED) is 0.574. The van der Waals surface area contributed by atoms with Crippen molar-refractivity contribution < 1.29 is 9.90 Å². The fourth-order valence-electron chi connectivity index (χ4n) is 4.81. The number of rotatable bonds is 4. The van der Waals surface area contributed by atoms with E-state index in [1.807, 2.05) is 54.9 Å². The summed E-state index contributed by atoms with van der Waals surface area (Å²) in [5, 5.41) is 18.6. The Bertz CT molecular complexity index is 1210. The SMILES string of the molecule is CC1(C)CC(=O)C(C=N[C@@H]2[C@@H](c3ccccc3)Nc3ncnn3[C@H]2c2ccccc2)=C(O)C1. The largest absolute Gasteiger partial charge is 0.511 e. The number of nitrogens with one attached hydrogen (secondary N) is 1. The molecule has 0 bridgehead atoms. The third kappa shape index (κ3) is 4.06. The summed E-state index contributed by atoms with van der Waals surface area (Å²) in [6, 6.07) is 19.4. The van der Waals surface area contributed by atoms with Crippen LogP contribution in [0.15, 0.2) is 83.3 Å². The molecule has 0 fully saturated rings. The number of hydrogen-bond donors (Lipinski definition) is 2. The molecule has 1 aromatic heterocycles. The van der Waals surface area contributed by atoms with E-state index in [0.29, 0.717) is 24.4 Å². The summed E-state index contributed by atoms with van der Waals surface area (Å²) in [5.41, 5.74) is 2.16. The van der Waals surface area contributed by atoms with E-state index in [1.165, 1.54) is 6.33 Å². The Kier molecular flexibility index (Phi) is 5.32. The van der Waals surface area contributed by atoms with Crippen LogP contribution in [0.5, 0.6) is 0 Å². The number of hydrogen-bond acceptors (Lipinski definition) is 6. The zero-order valence-electron chi connectivity index (χ0n) is 18.7. The third-order valence-electron chi connectivity index (χ3n) is 6.36. The molecule has 0 radical (unpaired) electrons. The van der Waals surface area contributed by atoms with E-state index < -0.39 is 0 Å². The molecule has 33 heavy (non-hydrogen) atoms. The molecule has 168 valence electrons. The Morgan fingerprint density at radius 2 is 1.73 bits per heavy atom. The Balaban J connectivity index is 1.62. The fourth-order valence-corrected chi connectivity index (χ4v) is 4.81. The molecule has 7 heteroatoms. The second-order valence-electron chi connectivity index (χ2n) is 9.49. The molecule has 0 unspecified atom stereocenters. The van der Waals surface area contributed by atoms with Gasteiger partial charge in [0.15, 0.2) is 5.78 Å². The van der Waals surface area contributed by atoms with Gasteiger partial charge in [-0.05, 0) is 16.5 Å². The van der Waals surface area contributed by atoms with Gasteiger partial charge in [-0.1, -0.05) is 74.5 Å². The summed E-state index contributed by atoms with van der Waals surface area (Å²) in [7, 11) is 0. The number of carbonyl (C=O) groups is 1. The highest BCUT2D eigenvalue weighted by atomic mass is 16.3. The Morgan fingerprint density at radius 3 is 2.39 bits per heavy atom. The molecular formula is C26H27N5O2. The number of benzene rings is 2. The molecular weight excluding hydrogens is 414 g/mol. The first-order valence-electron chi connectivity index (χ1n) is 11.2. The number of aliphatic hydroxyl groups is 1. The van der Waals surface area contributed by atoms with E-state index in [0.717, 1.165) is 11.1 Å². The molecule has 0 saturated heterocycles. The second kappa shape index (κ2) is 8.31. The molecule has 2 N–H and O–H groups in total. The van der Waals surface area contributed by atoms with Gasteiger partial charge in [-0.15, -0.1) is 0 Å². The first-order chi connectivity index (χ1) is 15.9. The topological polar surface area (TPSA) is 92.4 Å². The van der Waals surface area contributed by atoms with Crippen molar-refractivity contribution >= 4 is 17.9 Å². The van der Waals surface area contributed by atoms with Gasteiger partial charge in [0.1, 0.15) is 24.2 Å². The van der Waals surface area contributed by atoms with Crippen molar-refractivity contribution in [2.45, 2.75) is 44.8 Å². The molecule has 3 atom stereocenters. The smallest absolute Gasteiger partial charge is 0.222 e. The highest BCUT2D eigenvalue weighted by Crippen LogP contribution is 2.40. The van der Waals surface area contributed by atoms with E-state index in [4.69, 9.17) is 4.99 Å². The fraction of sp³-hybridized carbons (Fsp3) is 0.308. The minimum atomic E-state index is -0.327. The van der Waals surface area contributed by atoms with Crippen molar-refractivity contribution in [1.29, 1.82) is 0 Å². The lowest BCUT2D eigenvalue weighted by Crippen LogP contribution is -2.40. The van der Waals surface area contributed by atoms with Gasteiger partial charge in [0, 0.05) is 19.1 Å². The highest BCUT2D eigenvalue weighted by molar-refractivity contribution is 6.14. The van der Waals surface area contributed by atoms with Crippen LogP contribution in [0.3, 0.4) is 0 Å². The minimum absolute atomic E-state index is 0.0785. The maximum Gasteiger partial charge on any atom is 0.222 e. The number of carbonyl (C=O) groups excluding carboxylic acids is 1. The Morgan fingerprint density at radius 1 is 1.06 bits per heavy atom. The molecule has 1 aliphatic heterocycles. The lowest BCUT2D eigenvalue weighted by molar-refractivity contribution is -0.117. The number of allylic oxidation sites excluding steroid dienone is 2. The van der Waals surface area contributed by atoms with Crippen LogP contribution in [0.4, 0.5) is 5.95 Å². The molecule has 1 aliphatic carbocycles. The maximum absolute atomic E-state index is 12.8. The number of anilines is 1. The first kappa shape index (κ1) is 21.1. The standard InChI is InChI=1S/C26H27N5O2/c1-26(2)13-20(32)19(21(33)14-26)15-27-23-22(17-9-5-3-6-10-17)30-25-28-16-29-31(25)24(23)18-11-7-4-8-12-18/h3-12,15-16,22-24,32H,13-14H2,1-2H3,(H,28,29,30)/t22-,23-,24+/m1/s1. The van der Waals surface area contributed by atoms with Crippen molar-refractivity contribution in [3.05, 3.63) is 89.5 Å². The first-order valence-corrected chi connectivity index (χ1v) is 11.2. The molecule has 2 heterocycles. The van der Waals surface area contributed by atoms with E-state index in [1.54, 1.807) is 6.21 Å². The van der Waals surface area contributed by atoms with Gasteiger partial charge in [0.2, 0.25) is 5.95 Å². The van der Waals surface area contributed by atoms with Crippen LogP contribution in [0.25, 0.3) is 0 Å². The van der Waals surface area contributed by atoms with Gasteiger partial charge in [-0.2, -0.15) is 10.1 Å². The molecule has 2 aromatic carbocycles. The number of aromatic nitrogens is 3. The summed E-state index contributed by atoms with van der Waals surface area (Å²) >= 11 is 0. The zero-order valence-corrected chi connectivity index (χ0v) is 18.7. The van der Waals surface area contributed by atoms with E-state index in [-0.39, 0.29) is 35.1 Å². The average Bonchev–Trinajstić information content (AvgIpc) is 3.26. The van der Waals surface area contributed by atoms with Crippen molar-refractivity contribution in [3.8, 4) is 0 Å². The summed E-state index contributed by atoms with van der Waals surface area (Å²) in [6.07, 6.45) is 3.94. The Hall–Kier alpha value is -3.74. The molecule has 0 spiro atoms. The molecule has 2 aliphatic rings. The number of aliphatic imine (C=N–C) groups is 1. The van der Waals surface area contributed by atoms with Crippen LogP contribution >= 0.6 is 0 Å². The number of ketones is 1. The van der Waals surface area contributed by atoms with Crippen LogP contribution in [0.1, 0.15) is 49.9 Å².